The number of aryl methyl sites for hydroxylation is 2. The summed E-state index contributed by atoms with van der Waals surface area (Å²) in [6.07, 6.45) is 7.77. The molecule has 4 rings (SSSR count). The number of hydrogen-bond donors (Lipinski definition) is 0. The van der Waals surface area contributed by atoms with Gasteiger partial charge in [-0.05, 0) is 74.5 Å². The van der Waals surface area contributed by atoms with Gasteiger partial charge in [-0.2, -0.15) is 0 Å². The van der Waals surface area contributed by atoms with Gasteiger partial charge in [-0.25, -0.2) is 0 Å². The minimum Gasteiger partial charge on any atom is -0.309 e. The molecule has 0 aromatic heterocycles. The van der Waals surface area contributed by atoms with Gasteiger partial charge in [0.2, 0.25) is 0 Å². The summed E-state index contributed by atoms with van der Waals surface area (Å²) in [5.74, 6) is 0.923. The Morgan fingerprint density at radius 3 is 1.92 bits per heavy atom. The molecule has 1 fully saturated rings. The molecule has 0 bridgehead atoms. The van der Waals surface area contributed by atoms with Crippen LogP contribution in [0, 0.1) is 5.92 Å². The Labute approximate surface area is 146 Å². The molecule has 0 amide bonds. The van der Waals surface area contributed by atoms with Gasteiger partial charge >= 0.3 is 0 Å². The summed E-state index contributed by atoms with van der Waals surface area (Å²) >= 11 is 0. The van der Waals surface area contributed by atoms with E-state index in [1.807, 2.05) is 0 Å². The van der Waals surface area contributed by atoms with Crippen molar-refractivity contribution in [2.24, 2.45) is 5.92 Å². The molecule has 1 saturated carbocycles. The van der Waals surface area contributed by atoms with Crippen LogP contribution in [-0.2, 0) is 18.3 Å². The van der Waals surface area contributed by atoms with Crippen LogP contribution in [0.2, 0.25) is 0 Å². The monoisotopic (exact) mass is 319 g/mol. The van der Waals surface area contributed by atoms with Crippen LogP contribution in [0.25, 0.3) is 0 Å². The van der Waals surface area contributed by atoms with Crippen molar-refractivity contribution in [2.75, 3.05) is 20.6 Å². The van der Waals surface area contributed by atoms with E-state index in [2.05, 4.69) is 67.5 Å². The first-order chi connectivity index (χ1) is 11.7. The molecule has 1 heteroatoms. The fourth-order valence-corrected chi connectivity index (χ4v) is 4.65. The van der Waals surface area contributed by atoms with Crippen molar-refractivity contribution >= 4 is 0 Å². The number of rotatable bonds is 5. The minimum atomic E-state index is 0.203. The highest BCUT2D eigenvalue weighted by molar-refractivity contribution is 5.50. The maximum atomic E-state index is 2.43. The molecule has 2 aromatic carbocycles. The standard InChI is InChI=1S/C23H29N/c1-24(2)16-15-23(17-18-11-12-18)21-9-5-3-7-19(21)13-14-20-8-4-6-10-22(20)23/h3-10,18H,11-17H2,1-2H3. The van der Waals surface area contributed by atoms with Gasteiger partial charge in [-0.3, -0.25) is 0 Å². The third-order valence-electron chi connectivity index (χ3n) is 6.05. The van der Waals surface area contributed by atoms with Crippen molar-refractivity contribution in [1.82, 2.24) is 4.90 Å². The van der Waals surface area contributed by atoms with E-state index in [-0.39, 0.29) is 5.41 Å². The Morgan fingerprint density at radius 2 is 1.42 bits per heavy atom. The Morgan fingerprint density at radius 1 is 0.875 bits per heavy atom. The number of fused-ring (bicyclic) bond motifs is 2. The molecule has 0 atom stereocenters. The molecule has 2 aliphatic carbocycles. The fraction of sp³-hybridized carbons (Fsp3) is 0.478. The summed E-state index contributed by atoms with van der Waals surface area (Å²) < 4.78 is 0. The maximum absolute atomic E-state index is 2.43. The van der Waals surface area contributed by atoms with Gasteiger partial charge in [0.05, 0.1) is 0 Å². The Balaban J connectivity index is 1.90. The summed E-state index contributed by atoms with van der Waals surface area (Å²) in [7, 11) is 4.42. The van der Waals surface area contributed by atoms with Crippen LogP contribution in [0.15, 0.2) is 48.5 Å². The molecule has 0 unspecified atom stereocenters. The Kier molecular flexibility index (Phi) is 4.22. The third-order valence-corrected chi connectivity index (χ3v) is 6.05. The lowest BCUT2D eigenvalue weighted by Crippen LogP contribution is -2.34. The van der Waals surface area contributed by atoms with E-state index >= 15 is 0 Å². The van der Waals surface area contributed by atoms with Crippen molar-refractivity contribution < 1.29 is 0 Å². The summed E-state index contributed by atoms with van der Waals surface area (Å²) in [5.41, 5.74) is 6.59. The van der Waals surface area contributed by atoms with Gasteiger partial charge < -0.3 is 4.90 Å². The molecule has 1 nitrogen and oxygen atoms in total. The molecule has 0 heterocycles. The van der Waals surface area contributed by atoms with Crippen molar-refractivity contribution in [2.45, 2.75) is 43.9 Å². The van der Waals surface area contributed by atoms with Crippen LogP contribution in [0.3, 0.4) is 0 Å². The molecule has 0 aliphatic heterocycles. The molecule has 2 aromatic rings. The van der Waals surface area contributed by atoms with Crippen molar-refractivity contribution in [1.29, 1.82) is 0 Å². The van der Waals surface area contributed by atoms with Crippen molar-refractivity contribution in [3.8, 4) is 0 Å². The summed E-state index contributed by atoms with van der Waals surface area (Å²) in [5, 5.41) is 0. The van der Waals surface area contributed by atoms with Gasteiger partial charge in [-0.1, -0.05) is 61.4 Å². The van der Waals surface area contributed by atoms with Crippen LogP contribution in [0.1, 0.15) is 47.9 Å². The second kappa shape index (κ2) is 6.37. The molecule has 0 saturated heterocycles. The van der Waals surface area contributed by atoms with E-state index in [1.54, 1.807) is 22.3 Å². The van der Waals surface area contributed by atoms with Gasteiger partial charge in [0.15, 0.2) is 0 Å². The molecule has 126 valence electrons. The second-order valence-corrected chi connectivity index (χ2v) is 8.10. The van der Waals surface area contributed by atoms with Crippen LogP contribution < -0.4 is 0 Å². The smallest absolute Gasteiger partial charge is 0.0223 e. The Hall–Kier alpha value is -1.60. The minimum absolute atomic E-state index is 0.203. The van der Waals surface area contributed by atoms with Crippen molar-refractivity contribution in [3.05, 3.63) is 70.8 Å². The first-order valence-electron chi connectivity index (χ1n) is 9.50. The highest BCUT2D eigenvalue weighted by Gasteiger charge is 2.42. The number of nitrogens with zero attached hydrogens (tertiary/aromatic N) is 1. The van der Waals surface area contributed by atoms with Crippen molar-refractivity contribution in [3.63, 3.8) is 0 Å². The van der Waals surface area contributed by atoms with E-state index in [0.29, 0.717) is 0 Å². The van der Waals surface area contributed by atoms with Crippen LogP contribution in [0.4, 0.5) is 0 Å². The first kappa shape index (κ1) is 15.9. The zero-order valence-corrected chi connectivity index (χ0v) is 15.1. The summed E-state index contributed by atoms with van der Waals surface area (Å²) in [6, 6.07) is 18.6. The predicted molar refractivity (Wildman–Crippen MR) is 102 cm³/mol. The molecule has 0 spiro atoms. The van der Waals surface area contributed by atoms with Gasteiger partial charge in [0, 0.05) is 5.41 Å². The average Bonchev–Trinajstić information content (AvgIpc) is 3.42. The molecule has 0 radical (unpaired) electrons. The largest absolute Gasteiger partial charge is 0.309 e. The van der Waals surface area contributed by atoms with E-state index < -0.39 is 0 Å². The van der Waals surface area contributed by atoms with Gasteiger partial charge in [0.1, 0.15) is 0 Å². The molecular weight excluding hydrogens is 290 g/mol. The molecular formula is C23H29N. The van der Waals surface area contributed by atoms with Gasteiger partial charge in [-0.15, -0.1) is 0 Å². The third kappa shape index (κ3) is 2.91. The number of benzene rings is 2. The quantitative estimate of drug-likeness (QED) is 0.763. The van der Waals surface area contributed by atoms with Crippen LogP contribution in [0.5, 0.6) is 0 Å². The Bertz CT molecular complexity index is 664. The number of hydrogen-bond acceptors (Lipinski definition) is 1. The van der Waals surface area contributed by atoms with E-state index in [4.69, 9.17) is 0 Å². The highest BCUT2D eigenvalue weighted by Crippen LogP contribution is 2.50. The normalized spacial score (nSPS) is 18.8. The fourth-order valence-electron chi connectivity index (χ4n) is 4.65. The predicted octanol–water partition coefficient (Wildman–Crippen LogP) is 4.82. The van der Waals surface area contributed by atoms with E-state index in [9.17, 15) is 0 Å². The van der Waals surface area contributed by atoms with Crippen LogP contribution in [-0.4, -0.2) is 25.5 Å². The molecule has 2 aliphatic rings. The lowest BCUT2D eigenvalue weighted by atomic mass is 9.67. The zero-order chi connectivity index (χ0) is 16.6. The summed E-state index contributed by atoms with van der Waals surface area (Å²) in [6.45, 7) is 1.15. The lowest BCUT2D eigenvalue weighted by molar-refractivity contribution is 0.322. The lowest BCUT2D eigenvalue weighted by Gasteiger charge is -2.38. The second-order valence-electron chi connectivity index (χ2n) is 8.10. The SMILES string of the molecule is CN(C)CCC1(CC2CC2)c2ccccc2CCc2ccccc21. The highest BCUT2D eigenvalue weighted by atomic mass is 15.0. The van der Waals surface area contributed by atoms with E-state index in [1.165, 1.54) is 38.5 Å². The average molecular weight is 319 g/mol. The van der Waals surface area contributed by atoms with E-state index in [0.717, 1.165) is 12.5 Å². The van der Waals surface area contributed by atoms with Crippen LogP contribution >= 0.6 is 0 Å². The summed E-state index contributed by atoms with van der Waals surface area (Å²) in [4.78, 5) is 2.35. The molecule has 24 heavy (non-hydrogen) atoms. The maximum Gasteiger partial charge on any atom is 0.0223 e. The topological polar surface area (TPSA) is 3.24 Å². The molecule has 0 N–H and O–H groups in total. The first-order valence-corrected chi connectivity index (χ1v) is 9.50. The van der Waals surface area contributed by atoms with Gasteiger partial charge in [0.25, 0.3) is 0 Å². The zero-order valence-electron chi connectivity index (χ0n) is 15.1.